The van der Waals surface area contributed by atoms with E-state index in [1.807, 2.05) is 48.5 Å². The minimum atomic E-state index is 0. The lowest BCUT2D eigenvalue weighted by atomic mass is 10.1. The molecule has 0 aliphatic rings. The molecule has 0 saturated heterocycles. The summed E-state index contributed by atoms with van der Waals surface area (Å²) in [6, 6.07) is 20.1. The van der Waals surface area contributed by atoms with Crippen molar-refractivity contribution in [3.05, 3.63) is 83.2 Å². The second-order valence-corrected chi connectivity index (χ2v) is 7.03. The van der Waals surface area contributed by atoms with Crippen LogP contribution in [0.4, 0.5) is 0 Å². The van der Waals surface area contributed by atoms with Gasteiger partial charge in [0.15, 0.2) is 11.7 Å². The highest BCUT2D eigenvalue weighted by Gasteiger charge is 2.09. The predicted molar refractivity (Wildman–Crippen MR) is 130 cm³/mol. The molecule has 0 atom stereocenters. The fraction of sp³-hybridized carbons (Fsp3) is 0.304. The summed E-state index contributed by atoms with van der Waals surface area (Å²) >= 11 is 0. The molecule has 0 radical (unpaired) electrons. The molecule has 7 heteroatoms. The Morgan fingerprint density at radius 3 is 2.43 bits per heavy atom. The van der Waals surface area contributed by atoms with Crippen molar-refractivity contribution in [2.75, 3.05) is 7.05 Å². The quantitative estimate of drug-likeness (QED) is 0.252. The molecule has 0 aliphatic heterocycles. The van der Waals surface area contributed by atoms with E-state index in [9.17, 15) is 0 Å². The summed E-state index contributed by atoms with van der Waals surface area (Å²) in [6.45, 7) is 5.83. The number of benzene rings is 2. The van der Waals surface area contributed by atoms with E-state index < -0.39 is 0 Å². The monoisotopic (exact) mass is 520 g/mol. The molecule has 3 rings (SSSR count). The van der Waals surface area contributed by atoms with Gasteiger partial charge in [-0.1, -0.05) is 67.5 Å². The van der Waals surface area contributed by atoms with Gasteiger partial charge in [0.25, 0.3) is 0 Å². The summed E-state index contributed by atoms with van der Waals surface area (Å²) < 4.78 is 11.4. The van der Waals surface area contributed by atoms with Gasteiger partial charge in [0.2, 0.25) is 0 Å². The highest BCUT2D eigenvalue weighted by Crippen LogP contribution is 2.19. The first-order valence-electron chi connectivity index (χ1n) is 9.80. The zero-order chi connectivity index (χ0) is 20.5. The van der Waals surface area contributed by atoms with Crippen LogP contribution >= 0.6 is 24.0 Å². The van der Waals surface area contributed by atoms with Gasteiger partial charge in [-0.2, -0.15) is 0 Å². The van der Waals surface area contributed by atoms with Gasteiger partial charge in [0, 0.05) is 25.2 Å². The lowest BCUT2D eigenvalue weighted by Gasteiger charge is -2.14. The Kier molecular flexibility index (Phi) is 9.66. The zero-order valence-electron chi connectivity index (χ0n) is 17.6. The highest BCUT2D eigenvalue weighted by atomic mass is 127. The Balaban J connectivity index is 0.00000320. The van der Waals surface area contributed by atoms with Crippen LogP contribution in [0.5, 0.6) is 5.75 Å². The van der Waals surface area contributed by atoms with Crippen molar-refractivity contribution in [2.24, 2.45) is 4.99 Å². The van der Waals surface area contributed by atoms with Gasteiger partial charge in [-0.3, -0.25) is 4.99 Å². The number of ether oxygens (including phenoxy) is 1. The lowest BCUT2D eigenvalue weighted by molar-refractivity contribution is 0.302. The second-order valence-electron chi connectivity index (χ2n) is 7.03. The van der Waals surface area contributed by atoms with E-state index >= 15 is 0 Å². The summed E-state index contributed by atoms with van der Waals surface area (Å²) in [4.78, 5) is 4.27. The van der Waals surface area contributed by atoms with Gasteiger partial charge < -0.3 is 19.9 Å². The molecule has 0 saturated carbocycles. The Bertz CT molecular complexity index is 926. The maximum absolute atomic E-state index is 6.02. The fourth-order valence-electron chi connectivity index (χ4n) is 2.78. The summed E-state index contributed by atoms with van der Waals surface area (Å²) in [5.41, 5.74) is 3.16. The van der Waals surface area contributed by atoms with Crippen molar-refractivity contribution in [3.8, 4) is 5.75 Å². The van der Waals surface area contributed by atoms with E-state index in [1.165, 1.54) is 0 Å². The number of hydrogen-bond acceptors (Lipinski definition) is 4. The number of aliphatic imine (C=N–C) groups is 1. The molecule has 0 bridgehead atoms. The number of nitrogens with zero attached hydrogens (tertiary/aromatic N) is 2. The maximum Gasteiger partial charge on any atom is 0.191 e. The van der Waals surface area contributed by atoms with E-state index in [4.69, 9.17) is 9.26 Å². The van der Waals surface area contributed by atoms with Crippen molar-refractivity contribution in [2.45, 2.75) is 39.5 Å². The maximum atomic E-state index is 6.02. The van der Waals surface area contributed by atoms with Crippen LogP contribution < -0.4 is 15.4 Å². The molecule has 3 aromatic rings. The standard InChI is InChI=1S/C23H28N4O2.HI/c1-17(2)21-13-20(29-27-21)15-26-23(24-3)25-14-19-11-7-8-12-22(19)28-16-18-9-5-4-6-10-18;/h4-13,17H,14-16H2,1-3H3,(H2,24,25,26);1H. The molecule has 6 nitrogen and oxygen atoms in total. The first-order valence-corrected chi connectivity index (χ1v) is 9.80. The summed E-state index contributed by atoms with van der Waals surface area (Å²) in [5, 5.41) is 10.6. The SMILES string of the molecule is CN=C(NCc1cc(C(C)C)no1)NCc1ccccc1OCc1ccccc1.I. The third-order valence-electron chi connectivity index (χ3n) is 4.48. The van der Waals surface area contributed by atoms with E-state index in [0.29, 0.717) is 31.6 Å². The molecular weight excluding hydrogens is 491 g/mol. The largest absolute Gasteiger partial charge is 0.489 e. The Labute approximate surface area is 195 Å². The van der Waals surface area contributed by atoms with Crippen LogP contribution in [0.15, 0.2) is 70.2 Å². The van der Waals surface area contributed by atoms with Crippen LogP contribution in [0, 0.1) is 0 Å². The zero-order valence-corrected chi connectivity index (χ0v) is 19.9. The smallest absolute Gasteiger partial charge is 0.191 e. The molecule has 0 unspecified atom stereocenters. The van der Waals surface area contributed by atoms with Gasteiger partial charge in [-0.25, -0.2) is 0 Å². The van der Waals surface area contributed by atoms with Gasteiger partial charge in [0.1, 0.15) is 12.4 Å². The molecule has 160 valence electrons. The Morgan fingerprint density at radius 2 is 1.73 bits per heavy atom. The van der Waals surface area contributed by atoms with Crippen LogP contribution in [0.1, 0.15) is 42.3 Å². The molecule has 1 aromatic heterocycles. The van der Waals surface area contributed by atoms with Crippen molar-refractivity contribution in [1.82, 2.24) is 15.8 Å². The van der Waals surface area contributed by atoms with E-state index in [-0.39, 0.29) is 24.0 Å². The average Bonchev–Trinajstić information content (AvgIpc) is 3.23. The number of para-hydroxylation sites is 1. The third-order valence-corrected chi connectivity index (χ3v) is 4.48. The number of halogens is 1. The van der Waals surface area contributed by atoms with Gasteiger partial charge in [0.05, 0.1) is 12.2 Å². The Hall–Kier alpha value is -2.55. The summed E-state index contributed by atoms with van der Waals surface area (Å²) in [5.74, 6) is 2.67. The van der Waals surface area contributed by atoms with Crippen molar-refractivity contribution in [1.29, 1.82) is 0 Å². The number of aromatic nitrogens is 1. The van der Waals surface area contributed by atoms with Crippen LogP contribution in [-0.2, 0) is 19.7 Å². The third kappa shape index (κ3) is 7.05. The van der Waals surface area contributed by atoms with Crippen LogP contribution in [-0.4, -0.2) is 18.2 Å². The lowest BCUT2D eigenvalue weighted by Crippen LogP contribution is -2.36. The fourth-order valence-corrected chi connectivity index (χ4v) is 2.78. The van der Waals surface area contributed by atoms with Crippen molar-refractivity contribution >= 4 is 29.9 Å². The van der Waals surface area contributed by atoms with Crippen molar-refractivity contribution < 1.29 is 9.26 Å². The molecule has 0 aliphatic carbocycles. The number of nitrogens with one attached hydrogen (secondary N) is 2. The van der Waals surface area contributed by atoms with E-state index in [0.717, 1.165) is 28.3 Å². The minimum Gasteiger partial charge on any atom is -0.489 e. The van der Waals surface area contributed by atoms with E-state index in [2.05, 4.69) is 46.8 Å². The van der Waals surface area contributed by atoms with Gasteiger partial charge in [-0.15, -0.1) is 24.0 Å². The molecule has 2 aromatic carbocycles. The first-order chi connectivity index (χ1) is 14.2. The van der Waals surface area contributed by atoms with Gasteiger partial charge >= 0.3 is 0 Å². The number of hydrogen-bond donors (Lipinski definition) is 2. The predicted octanol–water partition coefficient (Wildman–Crippen LogP) is 4.86. The molecule has 1 heterocycles. The van der Waals surface area contributed by atoms with E-state index in [1.54, 1.807) is 7.05 Å². The molecule has 0 amide bonds. The van der Waals surface area contributed by atoms with Crippen molar-refractivity contribution in [3.63, 3.8) is 0 Å². The highest BCUT2D eigenvalue weighted by molar-refractivity contribution is 14.0. The first kappa shape index (κ1) is 23.7. The number of rotatable bonds is 8. The second kappa shape index (κ2) is 12.2. The average molecular weight is 520 g/mol. The van der Waals surface area contributed by atoms with Crippen LogP contribution in [0.3, 0.4) is 0 Å². The number of guanidine groups is 1. The van der Waals surface area contributed by atoms with Gasteiger partial charge in [-0.05, 0) is 17.5 Å². The normalized spacial score (nSPS) is 11.1. The summed E-state index contributed by atoms with van der Waals surface area (Å²) in [7, 11) is 1.74. The minimum absolute atomic E-state index is 0. The molecule has 2 N–H and O–H groups in total. The summed E-state index contributed by atoms with van der Waals surface area (Å²) in [6.07, 6.45) is 0. The molecule has 30 heavy (non-hydrogen) atoms. The Morgan fingerprint density at radius 1 is 1.03 bits per heavy atom. The molecular formula is C23H29IN4O2. The molecule has 0 spiro atoms. The molecule has 0 fully saturated rings. The topological polar surface area (TPSA) is 71.7 Å². The van der Waals surface area contributed by atoms with Crippen LogP contribution in [0.25, 0.3) is 0 Å². The van der Waals surface area contributed by atoms with Crippen LogP contribution in [0.2, 0.25) is 0 Å².